The van der Waals surface area contributed by atoms with Crippen molar-refractivity contribution in [1.82, 2.24) is 4.90 Å². The fourth-order valence-electron chi connectivity index (χ4n) is 1.93. The molecule has 1 fully saturated rings. The second-order valence-corrected chi connectivity index (χ2v) is 4.49. The van der Waals surface area contributed by atoms with Crippen LogP contribution in [0.15, 0.2) is 24.3 Å². The van der Waals surface area contributed by atoms with E-state index >= 15 is 0 Å². The highest BCUT2D eigenvalue weighted by atomic mass is 19.1. The smallest absolute Gasteiger partial charge is 0.321 e. The molecular formula is C12H16FN3O. The second kappa shape index (κ2) is 4.71. The summed E-state index contributed by atoms with van der Waals surface area (Å²) >= 11 is 0. The van der Waals surface area contributed by atoms with Crippen molar-refractivity contribution >= 4 is 11.7 Å². The minimum atomic E-state index is -0.366. The Bertz CT molecular complexity index is 414. The van der Waals surface area contributed by atoms with Crippen LogP contribution in [0.2, 0.25) is 0 Å². The number of amides is 2. The van der Waals surface area contributed by atoms with Gasteiger partial charge in [-0.25, -0.2) is 9.18 Å². The third-order valence-electron chi connectivity index (χ3n) is 3.03. The number of carbonyl (C=O) groups is 1. The molecule has 2 atom stereocenters. The number of rotatable bonds is 1. The van der Waals surface area contributed by atoms with Gasteiger partial charge in [-0.2, -0.15) is 0 Å². The van der Waals surface area contributed by atoms with E-state index in [0.717, 1.165) is 0 Å². The first-order valence-electron chi connectivity index (χ1n) is 5.63. The van der Waals surface area contributed by atoms with E-state index in [1.54, 1.807) is 17.0 Å². The molecule has 2 rings (SSSR count). The Kier molecular flexibility index (Phi) is 3.28. The highest BCUT2D eigenvalue weighted by Gasteiger charge is 2.29. The molecule has 1 saturated heterocycles. The molecule has 92 valence electrons. The first kappa shape index (κ1) is 11.9. The van der Waals surface area contributed by atoms with Gasteiger partial charge in [-0.1, -0.05) is 13.0 Å². The Morgan fingerprint density at radius 1 is 1.53 bits per heavy atom. The molecule has 0 aromatic heterocycles. The fraction of sp³-hybridized carbons (Fsp3) is 0.417. The van der Waals surface area contributed by atoms with Gasteiger partial charge < -0.3 is 16.0 Å². The number of carbonyl (C=O) groups excluding carboxylic acids is 1. The molecule has 3 N–H and O–H groups in total. The average Bonchev–Trinajstić information content (AvgIpc) is 2.59. The average molecular weight is 237 g/mol. The quantitative estimate of drug-likeness (QED) is 0.780. The monoisotopic (exact) mass is 237 g/mol. The van der Waals surface area contributed by atoms with Crippen molar-refractivity contribution in [3.63, 3.8) is 0 Å². The van der Waals surface area contributed by atoms with Gasteiger partial charge in [0.2, 0.25) is 0 Å². The molecular weight excluding hydrogens is 221 g/mol. The molecule has 1 aromatic carbocycles. The van der Waals surface area contributed by atoms with Gasteiger partial charge in [-0.3, -0.25) is 0 Å². The molecule has 17 heavy (non-hydrogen) atoms. The molecule has 1 aliphatic heterocycles. The zero-order valence-electron chi connectivity index (χ0n) is 9.69. The van der Waals surface area contributed by atoms with Crippen LogP contribution in [0.3, 0.4) is 0 Å². The van der Waals surface area contributed by atoms with Crippen molar-refractivity contribution in [2.45, 2.75) is 13.0 Å². The summed E-state index contributed by atoms with van der Waals surface area (Å²) in [5, 5.41) is 2.66. The van der Waals surface area contributed by atoms with Gasteiger partial charge in [-0.05, 0) is 24.1 Å². The van der Waals surface area contributed by atoms with E-state index < -0.39 is 0 Å². The predicted molar refractivity (Wildman–Crippen MR) is 64.1 cm³/mol. The number of hydrogen-bond donors (Lipinski definition) is 2. The van der Waals surface area contributed by atoms with Crippen LogP contribution in [-0.2, 0) is 0 Å². The molecule has 1 aromatic rings. The number of nitrogens with zero attached hydrogens (tertiary/aromatic N) is 1. The molecule has 0 aliphatic carbocycles. The fourth-order valence-corrected chi connectivity index (χ4v) is 1.93. The van der Waals surface area contributed by atoms with Crippen molar-refractivity contribution in [3.05, 3.63) is 30.1 Å². The number of likely N-dealkylation sites (tertiary alicyclic amines) is 1. The Labute approximate surface area is 99.6 Å². The summed E-state index contributed by atoms with van der Waals surface area (Å²) in [6, 6.07) is 5.63. The minimum Gasteiger partial charge on any atom is -0.326 e. The number of benzene rings is 1. The molecule has 0 saturated carbocycles. The van der Waals surface area contributed by atoms with E-state index in [1.165, 1.54) is 12.1 Å². The molecule has 2 amide bonds. The predicted octanol–water partition coefficient (Wildman–Crippen LogP) is 1.64. The lowest BCUT2D eigenvalue weighted by Crippen LogP contribution is -2.35. The van der Waals surface area contributed by atoms with Crippen LogP contribution < -0.4 is 11.1 Å². The Morgan fingerprint density at radius 3 is 2.88 bits per heavy atom. The van der Waals surface area contributed by atoms with Gasteiger partial charge in [0.25, 0.3) is 0 Å². The van der Waals surface area contributed by atoms with Crippen LogP contribution in [-0.4, -0.2) is 30.1 Å². The van der Waals surface area contributed by atoms with Crippen LogP contribution in [0.5, 0.6) is 0 Å². The minimum absolute atomic E-state index is 0.0215. The van der Waals surface area contributed by atoms with Crippen LogP contribution in [0.4, 0.5) is 14.9 Å². The van der Waals surface area contributed by atoms with Crippen LogP contribution in [0, 0.1) is 11.7 Å². The van der Waals surface area contributed by atoms with E-state index in [-0.39, 0.29) is 17.9 Å². The largest absolute Gasteiger partial charge is 0.326 e. The summed E-state index contributed by atoms with van der Waals surface area (Å²) < 4.78 is 12.9. The lowest BCUT2D eigenvalue weighted by molar-refractivity contribution is 0.221. The highest BCUT2D eigenvalue weighted by molar-refractivity contribution is 5.89. The molecule has 0 bridgehead atoms. The van der Waals surface area contributed by atoms with Crippen LogP contribution in [0.25, 0.3) is 0 Å². The topological polar surface area (TPSA) is 58.4 Å². The highest BCUT2D eigenvalue weighted by Crippen LogP contribution is 2.16. The zero-order chi connectivity index (χ0) is 12.4. The lowest BCUT2D eigenvalue weighted by Gasteiger charge is -2.16. The first-order valence-corrected chi connectivity index (χ1v) is 5.63. The van der Waals surface area contributed by atoms with E-state index in [2.05, 4.69) is 5.32 Å². The maximum absolute atomic E-state index is 12.9. The summed E-state index contributed by atoms with van der Waals surface area (Å²) in [6.45, 7) is 3.20. The van der Waals surface area contributed by atoms with Gasteiger partial charge in [-0.15, -0.1) is 0 Å². The molecule has 0 radical (unpaired) electrons. The molecule has 2 unspecified atom stereocenters. The Morgan fingerprint density at radius 2 is 2.29 bits per heavy atom. The van der Waals surface area contributed by atoms with Crippen molar-refractivity contribution < 1.29 is 9.18 Å². The number of nitrogens with one attached hydrogen (secondary N) is 1. The summed E-state index contributed by atoms with van der Waals surface area (Å²) in [7, 11) is 0. The maximum atomic E-state index is 12.9. The van der Waals surface area contributed by atoms with Crippen molar-refractivity contribution in [3.8, 4) is 0 Å². The number of halogens is 1. The summed E-state index contributed by atoms with van der Waals surface area (Å²) in [5.41, 5.74) is 6.30. The number of anilines is 1. The molecule has 4 nitrogen and oxygen atoms in total. The third-order valence-corrected chi connectivity index (χ3v) is 3.03. The molecule has 5 heteroatoms. The zero-order valence-corrected chi connectivity index (χ0v) is 9.69. The first-order chi connectivity index (χ1) is 8.06. The summed E-state index contributed by atoms with van der Waals surface area (Å²) in [4.78, 5) is 13.5. The summed E-state index contributed by atoms with van der Waals surface area (Å²) in [5.74, 6) is -0.0671. The van der Waals surface area contributed by atoms with Crippen molar-refractivity contribution in [2.75, 3.05) is 18.4 Å². The molecule has 1 aliphatic rings. The van der Waals surface area contributed by atoms with E-state index in [4.69, 9.17) is 5.73 Å². The van der Waals surface area contributed by atoms with E-state index in [0.29, 0.717) is 24.7 Å². The number of urea groups is 1. The van der Waals surface area contributed by atoms with Crippen LogP contribution in [0.1, 0.15) is 6.92 Å². The standard InChI is InChI=1S/C12H16FN3O/c1-8-6-16(7-11(8)14)12(17)15-10-4-2-3-9(13)5-10/h2-5,8,11H,6-7,14H2,1H3,(H,15,17). The number of hydrogen-bond acceptors (Lipinski definition) is 2. The molecule has 1 heterocycles. The van der Waals surface area contributed by atoms with Gasteiger partial charge in [0.05, 0.1) is 0 Å². The number of nitrogens with two attached hydrogens (primary N) is 1. The lowest BCUT2D eigenvalue weighted by atomic mass is 10.1. The normalized spacial score (nSPS) is 23.8. The van der Waals surface area contributed by atoms with Crippen molar-refractivity contribution in [1.29, 1.82) is 0 Å². The summed E-state index contributed by atoms with van der Waals surface area (Å²) in [6.07, 6.45) is 0. The maximum Gasteiger partial charge on any atom is 0.321 e. The Hall–Kier alpha value is -1.62. The van der Waals surface area contributed by atoms with Crippen LogP contribution >= 0.6 is 0 Å². The molecule has 0 spiro atoms. The second-order valence-electron chi connectivity index (χ2n) is 4.49. The van der Waals surface area contributed by atoms with Gasteiger partial charge in [0, 0.05) is 24.8 Å². The van der Waals surface area contributed by atoms with Gasteiger partial charge in [0.15, 0.2) is 0 Å². The van der Waals surface area contributed by atoms with E-state index in [9.17, 15) is 9.18 Å². The SMILES string of the molecule is CC1CN(C(=O)Nc2cccc(F)c2)CC1N. The van der Waals surface area contributed by atoms with E-state index in [1.807, 2.05) is 6.92 Å². The van der Waals surface area contributed by atoms with Gasteiger partial charge in [0.1, 0.15) is 5.82 Å². The van der Waals surface area contributed by atoms with Crippen molar-refractivity contribution in [2.24, 2.45) is 11.7 Å². The van der Waals surface area contributed by atoms with Gasteiger partial charge >= 0.3 is 6.03 Å². The third kappa shape index (κ3) is 2.74. The Balaban J connectivity index is 1.98.